The lowest BCUT2D eigenvalue weighted by atomic mass is 10.1. The zero-order valence-electron chi connectivity index (χ0n) is 17.2. The molecule has 0 aliphatic carbocycles. The zero-order valence-corrected chi connectivity index (χ0v) is 19.5. The lowest BCUT2D eigenvalue weighted by Crippen LogP contribution is -2.42. The molecule has 6 heteroatoms. The van der Waals surface area contributed by atoms with E-state index in [9.17, 15) is 0 Å². The molecule has 5 nitrogen and oxygen atoms in total. The van der Waals surface area contributed by atoms with Gasteiger partial charge in [0.1, 0.15) is 0 Å². The molecule has 1 atom stereocenters. The van der Waals surface area contributed by atoms with Crippen LogP contribution in [0.3, 0.4) is 0 Å². The molecule has 0 amide bonds. The third-order valence-electron chi connectivity index (χ3n) is 4.30. The minimum Gasteiger partial charge on any atom is -0.493 e. The van der Waals surface area contributed by atoms with E-state index in [1.54, 1.807) is 14.2 Å². The summed E-state index contributed by atoms with van der Waals surface area (Å²) in [4.78, 5) is 4.71. The van der Waals surface area contributed by atoms with Crippen LogP contribution in [0, 0.1) is 0 Å². The maximum atomic E-state index is 5.37. The SMILES string of the molecule is CCNC(=NCc1ccc(OC)c(OC)c1)NC(C)CCc1ccccc1.I. The molecule has 0 aliphatic rings. The average Bonchev–Trinajstić information content (AvgIpc) is 2.71. The van der Waals surface area contributed by atoms with Crippen LogP contribution in [0.5, 0.6) is 11.5 Å². The predicted molar refractivity (Wildman–Crippen MR) is 127 cm³/mol. The summed E-state index contributed by atoms with van der Waals surface area (Å²) in [6.07, 6.45) is 2.09. The van der Waals surface area contributed by atoms with Crippen LogP contribution in [0.2, 0.25) is 0 Å². The molecule has 0 spiro atoms. The Hall–Kier alpha value is -1.96. The Bertz CT molecular complexity index is 723. The molecule has 154 valence electrons. The smallest absolute Gasteiger partial charge is 0.191 e. The van der Waals surface area contributed by atoms with Gasteiger partial charge in [0.25, 0.3) is 0 Å². The van der Waals surface area contributed by atoms with E-state index in [1.165, 1.54) is 5.56 Å². The molecule has 2 aromatic rings. The minimum atomic E-state index is 0. The van der Waals surface area contributed by atoms with Gasteiger partial charge in [-0.05, 0) is 49.9 Å². The van der Waals surface area contributed by atoms with Crippen LogP contribution in [-0.4, -0.2) is 32.8 Å². The first-order chi connectivity index (χ1) is 13.2. The van der Waals surface area contributed by atoms with Crippen LogP contribution in [0.4, 0.5) is 0 Å². The summed E-state index contributed by atoms with van der Waals surface area (Å²) in [5, 5.41) is 6.81. The number of benzene rings is 2. The lowest BCUT2D eigenvalue weighted by Gasteiger charge is -2.18. The van der Waals surface area contributed by atoms with Crippen molar-refractivity contribution in [3.05, 3.63) is 59.7 Å². The van der Waals surface area contributed by atoms with E-state index in [2.05, 4.69) is 54.8 Å². The average molecular weight is 497 g/mol. The molecule has 0 saturated carbocycles. The number of nitrogens with zero attached hydrogens (tertiary/aromatic N) is 1. The van der Waals surface area contributed by atoms with Gasteiger partial charge in [0, 0.05) is 12.6 Å². The highest BCUT2D eigenvalue weighted by Crippen LogP contribution is 2.27. The van der Waals surface area contributed by atoms with Gasteiger partial charge in [-0.15, -0.1) is 24.0 Å². The van der Waals surface area contributed by atoms with Crippen molar-refractivity contribution in [1.29, 1.82) is 0 Å². The summed E-state index contributed by atoms with van der Waals surface area (Å²) < 4.78 is 10.7. The van der Waals surface area contributed by atoms with Crippen molar-refractivity contribution >= 4 is 29.9 Å². The molecule has 0 fully saturated rings. The molecule has 2 aromatic carbocycles. The fourth-order valence-corrected chi connectivity index (χ4v) is 2.80. The van der Waals surface area contributed by atoms with Gasteiger partial charge in [0.2, 0.25) is 0 Å². The van der Waals surface area contributed by atoms with Crippen LogP contribution >= 0.6 is 24.0 Å². The molecule has 2 rings (SSSR count). The second kappa shape index (κ2) is 13.3. The summed E-state index contributed by atoms with van der Waals surface area (Å²) in [6.45, 7) is 5.65. The van der Waals surface area contributed by atoms with Crippen LogP contribution in [-0.2, 0) is 13.0 Å². The number of guanidine groups is 1. The van der Waals surface area contributed by atoms with E-state index in [0.29, 0.717) is 12.6 Å². The number of rotatable bonds is 9. The first kappa shape index (κ1) is 24.1. The van der Waals surface area contributed by atoms with Gasteiger partial charge < -0.3 is 20.1 Å². The number of ether oxygens (including phenoxy) is 2. The number of aliphatic imine (C=N–C) groups is 1. The number of methoxy groups -OCH3 is 2. The molecule has 1 unspecified atom stereocenters. The largest absolute Gasteiger partial charge is 0.493 e. The second-order valence-electron chi connectivity index (χ2n) is 6.45. The molecule has 0 bridgehead atoms. The first-order valence-electron chi connectivity index (χ1n) is 9.46. The number of hydrogen-bond donors (Lipinski definition) is 2. The molecule has 0 aromatic heterocycles. The molecule has 0 heterocycles. The number of halogens is 1. The summed E-state index contributed by atoms with van der Waals surface area (Å²) in [5.74, 6) is 2.28. The molecule has 0 radical (unpaired) electrons. The van der Waals surface area contributed by atoms with E-state index >= 15 is 0 Å². The number of nitrogens with one attached hydrogen (secondary N) is 2. The maximum Gasteiger partial charge on any atom is 0.191 e. The highest BCUT2D eigenvalue weighted by molar-refractivity contribution is 14.0. The monoisotopic (exact) mass is 497 g/mol. The van der Waals surface area contributed by atoms with E-state index < -0.39 is 0 Å². The van der Waals surface area contributed by atoms with E-state index in [-0.39, 0.29) is 24.0 Å². The van der Waals surface area contributed by atoms with E-state index in [0.717, 1.165) is 42.4 Å². The predicted octanol–water partition coefficient (Wildman–Crippen LogP) is 4.40. The van der Waals surface area contributed by atoms with E-state index in [1.807, 2.05) is 18.2 Å². The van der Waals surface area contributed by atoms with Gasteiger partial charge in [0.05, 0.1) is 20.8 Å². The summed E-state index contributed by atoms with van der Waals surface area (Å²) in [5.41, 5.74) is 2.43. The topological polar surface area (TPSA) is 54.9 Å². The maximum absolute atomic E-state index is 5.37. The summed E-state index contributed by atoms with van der Waals surface area (Å²) >= 11 is 0. The number of aryl methyl sites for hydroxylation is 1. The quantitative estimate of drug-likeness (QED) is 0.307. The highest BCUT2D eigenvalue weighted by atomic mass is 127. The van der Waals surface area contributed by atoms with Crippen LogP contribution in [0.25, 0.3) is 0 Å². The Labute approximate surface area is 186 Å². The van der Waals surface area contributed by atoms with Crippen molar-refractivity contribution in [2.45, 2.75) is 39.3 Å². The Morgan fingerprint density at radius 3 is 2.36 bits per heavy atom. The van der Waals surface area contributed by atoms with Gasteiger partial charge in [-0.2, -0.15) is 0 Å². The van der Waals surface area contributed by atoms with Crippen LogP contribution in [0.15, 0.2) is 53.5 Å². The van der Waals surface area contributed by atoms with Gasteiger partial charge >= 0.3 is 0 Å². The molecule has 2 N–H and O–H groups in total. The van der Waals surface area contributed by atoms with Crippen LogP contribution in [0.1, 0.15) is 31.4 Å². The number of hydrogen-bond acceptors (Lipinski definition) is 3. The first-order valence-corrected chi connectivity index (χ1v) is 9.46. The third kappa shape index (κ3) is 7.96. The minimum absolute atomic E-state index is 0. The molecular formula is C22H32IN3O2. The highest BCUT2D eigenvalue weighted by Gasteiger charge is 2.07. The Morgan fingerprint density at radius 2 is 1.71 bits per heavy atom. The lowest BCUT2D eigenvalue weighted by molar-refractivity contribution is 0.354. The van der Waals surface area contributed by atoms with Crippen molar-refractivity contribution in [1.82, 2.24) is 10.6 Å². The standard InChI is InChI=1S/C22H31N3O2.HI/c1-5-23-22(25-17(2)11-12-18-9-7-6-8-10-18)24-16-19-13-14-20(26-3)21(15-19)27-4;/h6-10,13-15,17H,5,11-12,16H2,1-4H3,(H2,23,24,25);1H. The van der Waals surface area contributed by atoms with Crippen molar-refractivity contribution < 1.29 is 9.47 Å². The van der Waals surface area contributed by atoms with Crippen molar-refractivity contribution in [3.8, 4) is 11.5 Å². The summed E-state index contributed by atoms with van der Waals surface area (Å²) in [7, 11) is 3.28. The Morgan fingerprint density at radius 1 is 1.00 bits per heavy atom. The van der Waals surface area contributed by atoms with Crippen molar-refractivity contribution in [2.75, 3.05) is 20.8 Å². The molecular weight excluding hydrogens is 465 g/mol. The summed E-state index contributed by atoms with van der Waals surface area (Å²) in [6, 6.07) is 16.8. The normalized spacial score (nSPS) is 11.9. The van der Waals surface area contributed by atoms with Gasteiger partial charge in [-0.3, -0.25) is 0 Å². The van der Waals surface area contributed by atoms with Gasteiger partial charge in [-0.1, -0.05) is 36.4 Å². The second-order valence-corrected chi connectivity index (χ2v) is 6.45. The van der Waals surface area contributed by atoms with Crippen LogP contribution < -0.4 is 20.1 Å². The molecule has 28 heavy (non-hydrogen) atoms. The third-order valence-corrected chi connectivity index (χ3v) is 4.30. The fraction of sp³-hybridized carbons (Fsp3) is 0.409. The molecule has 0 saturated heterocycles. The van der Waals surface area contributed by atoms with Crippen molar-refractivity contribution in [3.63, 3.8) is 0 Å². The fourth-order valence-electron chi connectivity index (χ4n) is 2.80. The Kier molecular flexibility index (Phi) is 11.4. The van der Waals surface area contributed by atoms with Gasteiger partial charge in [-0.25, -0.2) is 4.99 Å². The van der Waals surface area contributed by atoms with E-state index in [4.69, 9.17) is 14.5 Å². The zero-order chi connectivity index (χ0) is 19.5. The van der Waals surface area contributed by atoms with Crippen molar-refractivity contribution in [2.24, 2.45) is 4.99 Å². The molecule has 0 aliphatic heterocycles. The van der Waals surface area contributed by atoms with Gasteiger partial charge in [0.15, 0.2) is 17.5 Å². The Balaban J connectivity index is 0.00000392.